The molecule has 1 aliphatic rings. The third kappa shape index (κ3) is 2.51. The Morgan fingerprint density at radius 1 is 1.33 bits per heavy atom. The molecule has 0 spiro atoms. The first-order valence-electron chi connectivity index (χ1n) is 6.12. The summed E-state index contributed by atoms with van der Waals surface area (Å²) < 4.78 is 24.7. The van der Waals surface area contributed by atoms with Crippen LogP contribution in [-0.4, -0.2) is 49.3 Å². The van der Waals surface area contributed by atoms with Crippen LogP contribution in [0.3, 0.4) is 0 Å². The van der Waals surface area contributed by atoms with Crippen LogP contribution < -0.4 is 10.6 Å². The number of anilines is 1. The van der Waals surface area contributed by atoms with Gasteiger partial charge in [0.1, 0.15) is 5.82 Å². The zero-order valence-corrected chi connectivity index (χ0v) is 11.7. The van der Waals surface area contributed by atoms with E-state index < -0.39 is 9.84 Å². The van der Waals surface area contributed by atoms with Crippen molar-refractivity contribution in [2.24, 2.45) is 12.8 Å². The molecular weight excluding hydrogens is 252 g/mol. The summed E-state index contributed by atoms with van der Waals surface area (Å²) in [5, 5.41) is 4.41. The molecule has 18 heavy (non-hydrogen) atoms. The number of hydrogen-bond donors (Lipinski definition) is 1. The summed E-state index contributed by atoms with van der Waals surface area (Å²) in [6.07, 6.45) is 0.776. The summed E-state index contributed by atoms with van der Waals surface area (Å²) in [6, 6.07) is 0. The Bertz CT molecular complexity index is 521. The van der Waals surface area contributed by atoms with Gasteiger partial charge in [0.25, 0.3) is 0 Å². The minimum atomic E-state index is -2.85. The highest BCUT2D eigenvalue weighted by atomic mass is 32.2. The number of aromatic nitrogens is 2. The van der Waals surface area contributed by atoms with E-state index in [-0.39, 0.29) is 11.5 Å². The molecule has 0 unspecified atom stereocenters. The molecule has 102 valence electrons. The summed E-state index contributed by atoms with van der Waals surface area (Å²) in [7, 11) is -0.957. The van der Waals surface area contributed by atoms with Crippen LogP contribution in [0.15, 0.2) is 0 Å². The molecule has 0 radical (unpaired) electrons. The van der Waals surface area contributed by atoms with E-state index in [1.807, 2.05) is 18.7 Å². The molecule has 2 N–H and O–H groups in total. The zero-order valence-electron chi connectivity index (χ0n) is 10.9. The molecule has 0 atom stereocenters. The normalized spacial score (nSPS) is 19.2. The smallest absolute Gasteiger partial charge is 0.153 e. The summed E-state index contributed by atoms with van der Waals surface area (Å²) in [5.74, 6) is 1.46. The van der Waals surface area contributed by atoms with Gasteiger partial charge in [-0.2, -0.15) is 5.10 Å². The topological polar surface area (TPSA) is 81.2 Å². The Balaban J connectivity index is 2.28. The van der Waals surface area contributed by atoms with Crippen molar-refractivity contribution >= 4 is 15.7 Å². The van der Waals surface area contributed by atoms with Crippen molar-refractivity contribution in [1.29, 1.82) is 0 Å². The van der Waals surface area contributed by atoms with E-state index in [1.165, 1.54) is 0 Å². The standard InChI is InChI=1S/C11H20N4O2S/c1-9-10(3-4-12)11(14(2)13-9)15-5-7-18(16,17)8-6-15/h3-8,12H2,1-2H3. The lowest BCUT2D eigenvalue weighted by molar-refractivity contribution is 0.584. The van der Waals surface area contributed by atoms with Crippen LogP contribution in [0.5, 0.6) is 0 Å². The monoisotopic (exact) mass is 272 g/mol. The summed E-state index contributed by atoms with van der Waals surface area (Å²) in [4.78, 5) is 2.10. The second-order valence-corrected chi connectivity index (χ2v) is 6.99. The molecule has 0 bridgehead atoms. The fourth-order valence-corrected chi connectivity index (χ4v) is 3.65. The lowest BCUT2D eigenvalue weighted by Gasteiger charge is -2.29. The van der Waals surface area contributed by atoms with Crippen molar-refractivity contribution in [2.75, 3.05) is 36.0 Å². The molecule has 2 heterocycles. The molecule has 0 amide bonds. The fourth-order valence-electron chi connectivity index (χ4n) is 2.45. The molecule has 1 aromatic heterocycles. The largest absolute Gasteiger partial charge is 0.355 e. The number of sulfone groups is 1. The minimum Gasteiger partial charge on any atom is -0.355 e. The van der Waals surface area contributed by atoms with Gasteiger partial charge < -0.3 is 10.6 Å². The third-order valence-corrected chi connectivity index (χ3v) is 4.96. The zero-order chi connectivity index (χ0) is 13.3. The van der Waals surface area contributed by atoms with Gasteiger partial charge in [-0.05, 0) is 19.9 Å². The van der Waals surface area contributed by atoms with Gasteiger partial charge in [0.2, 0.25) is 0 Å². The van der Waals surface area contributed by atoms with Crippen molar-refractivity contribution in [3.8, 4) is 0 Å². The first kappa shape index (κ1) is 13.4. The van der Waals surface area contributed by atoms with Gasteiger partial charge >= 0.3 is 0 Å². The van der Waals surface area contributed by atoms with Gasteiger partial charge in [-0.15, -0.1) is 0 Å². The molecule has 2 rings (SSSR count). The molecule has 0 saturated carbocycles. The molecule has 0 aromatic carbocycles. The van der Waals surface area contributed by atoms with Crippen LogP contribution >= 0.6 is 0 Å². The first-order chi connectivity index (χ1) is 8.44. The van der Waals surface area contributed by atoms with E-state index in [0.717, 1.165) is 23.5 Å². The van der Waals surface area contributed by atoms with Gasteiger partial charge in [0.05, 0.1) is 17.2 Å². The van der Waals surface area contributed by atoms with Crippen molar-refractivity contribution in [1.82, 2.24) is 9.78 Å². The van der Waals surface area contributed by atoms with Crippen LogP contribution in [0.1, 0.15) is 11.3 Å². The highest BCUT2D eigenvalue weighted by molar-refractivity contribution is 7.91. The van der Waals surface area contributed by atoms with Crippen LogP contribution in [0, 0.1) is 6.92 Å². The van der Waals surface area contributed by atoms with E-state index in [4.69, 9.17) is 5.73 Å². The molecular formula is C11H20N4O2S. The Hall–Kier alpha value is -1.08. The lowest BCUT2D eigenvalue weighted by Crippen LogP contribution is -2.41. The average molecular weight is 272 g/mol. The minimum absolute atomic E-state index is 0.222. The van der Waals surface area contributed by atoms with Gasteiger partial charge in [-0.25, -0.2) is 8.42 Å². The van der Waals surface area contributed by atoms with Crippen molar-refractivity contribution in [3.63, 3.8) is 0 Å². The SMILES string of the molecule is Cc1nn(C)c(N2CCS(=O)(=O)CC2)c1CCN. The Kier molecular flexibility index (Phi) is 3.63. The van der Waals surface area contributed by atoms with Crippen molar-refractivity contribution in [2.45, 2.75) is 13.3 Å². The van der Waals surface area contributed by atoms with Crippen molar-refractivity contribution in [3.05, 3.63) is 11.3 Å². The van der Waals surface area contributed by atoms with Gasteiger partial charge in [-0.1, -0.05) is 0 Å². The number of nitrogens with two attached hydrogens (primary N) is 1. The fraction of sp³-hybridized carbons (Fsp3) is 0.727. The Morgan fingerprint density at radius 3 is 2.50 bits per heavy atom. The predicted octanol–water partition coefficient (Wildman–Crippen LogP) is -0.535. The predicted molar refractivity (Wildman–Crippen MR) is 71.6 cm³/mol. The second-order valence-electron chi connectivity index (χ2n) is 4.69. The van der Waals surface area contributed by atoms with E-state index in [1.54, 1.807) is 0 Å². The first-order valence-corrected chi connectivity index (χ1v) is 7.94. The van der Waals surface area contributed by atoms with Gasteiger partial charge in [0, 0.05) is 25.7 Å². The number of rotatable bonds is 3. The molecule has 0 aliphatic carbocycles. The highest BCUT2D eigenvalue weighted by Gasteiger charge is 2.26. The summed E-state index contributed by atoms with van der Waals surface area (Å²) >= 11 is 0. The third-order valence-electron chi connectivity index (χ3n) is 3.35. The summed E-state index contributed by atoms with van der Waals surface area (Å²) in [5.41, 5.74) is 7.75. The highest BCUT2D eigenvalue weighted by Crippen LogP contribution is 2.25. The van der Waals surface area contributed by atoms with Gasteiger partial charge in [0.15, 0.2) is 9.84 Å². The molecule has 1 aliphatic heterocycles. The second kappa shape index (κ2) is 4.89. The van der Waals surface area contributed by atoms with E-state index in [0.29, 0.717) is 19.6 Å². The molecule has 6 nitrogen and oxygen atoms in total. The van der Waals surface area contributed by atoms with E-state index in [2.05, 4.69) is 10.00 Å². The molecule has 1 fully saturated rings. The number of nitrogens with zero attached hydrogens (tertiary/aromatic N) is 3. The van der Waals surface area contributed by atoms with Crippen LogP contribution in [-0.2, 0) is 23.3 Å². The average Bonchev–Trinajstić information content (AvgIpc) is 2.56. The number of aryl methyl sites for hydroxylation is 2. The molecule has 1 saturated heterocycles. The van der Waals surface area contributed by atoms with Crippen molar-refractivity contribution < 1.29 is 8.42 Å². The number of hydrogen-bond acceptors (Lipinski definition) is 5. The molecule has 1 aromatic rings. The van der Waals surface area contributed by atoms with Gasteiger partial charge in [-0.3, -0.25) is 4.68 Å². The maximum absolute atomic E-state index is 11.5. The van der Waals surface area contributed by atoms with Crippen LogP contribution in [0.25, 0.3) is 0 Å². The lowest BCUT2D eigenvalue weighted by atomic mass is 10.1. The van der Waals surface area contributed by atoms with Crippen LogP contribution in [0.4, 0.5) is 5.82 Å². The molecule has 7 heteroatoms. The summed E-state index contributed by atoms with van der Waals surface area (Å²) in [6.45, 7) is 3.62. The Labute approximate surface area is 108 Å². The quantitative estimate of drug-likeness (QED) is 0.799. The Morgan fingerprint density at radius 2 is 1.94 bits per heavy atom. The van der Waals surface area contributed by atoms with E-state index >= 15 is 0 Å². The maximum atomic E-state index is 11.5. The maximum Gasteiger partial charge on any atom is 0.153 e. The van der Waals surface area contributed by atoms with Crippen LogP contribution in [0.2, 0.25) is 0 Å². The van der Waals surface area contributed by atoms with E-state index in [9.17, 15) is 8.42 Å².